The number of nitro benzene ring substituents is 1. The lowest BCUT2D eigenvalue weighted by Gasteiger charge is -2.10. The van der Waals surface area contributed by atoms with Gasteiger partial charge in [0.15, 0.2) is 0 Å². The molecule has 0 aliphatic heterocycles. The lowest BCUT2D eigenvalue weighted by Crippen LogP contribution is -2.10. The number of benzene rings is 2. The first-order valence-electron chi connectivity index (χ1n) is 10.0. The molecular formula is C22H23Br2N3O4. The van der Waals surface area contributed by atoms with Gasteiger partial charge in [0.25, 0.3) is 5.69 Å². The van der Waals surface area contributed by atoms with E-state index in [0.29, 0.717) is 10.9 Å². The van der Waals surface area contributed by atoms with Crippen LogP contribution in [0.3, 0.4) is 0 Å². The van der Waals surface area contributed by atoms with E-state index in [-0.39, 0.29) is 23.2 Å². The lowest BCUT2D eigenvalue weighted by atomic mass is 10.1. The van der Waals surface area contributed by atoms with Gasteiger partial charge in [-0.1, -0.05) is 0 Å². The Kier molecular flexibility index (Phi) is 7.48. The highest BCUT2D eigenvalue weighted by atomic mass is 79.9. The number of halogens is 2. The molecule has 0 atom stereocenters. The van der Waals surface area contributed by atoms with E-state index < -0.39 is 4.92 Å². The van der Waals surface area contributed by atoms with Crippen LogP contribution in [-0.4, -0.2) is 16.7 Å². The number of carbonyl (C=O) groups excluding carboxylic acids is 2. The predicted octanol–water partition coefficient (Wildman–Crippen LogP) is 5.70. The minimum Gasteiger partial charge on any atom is -0.325 e. The Morgan fingerprint density at radius 1 is 0.871 bits per heavy atom. The minimum absolute atomic E-state index is 0.0244. The zero-order valence-electron chi connectivity index (χ0n) is 17.3. The van der Waals surface area contributed by atoms with Gasteiger partial charge in [0.05, 0.1) is 10.6 Å². The van der Waals surface area contributed by atoms with E-state index in [1.807, 2.05) is 6.07 Å². The second-order valence-corrected chi connectivity index (χ2v) is 9.36. The molecule has 2 aromatic rings. The smallest absolute Gasteiger partial charge is 0.297 e. The maximum Gasteiger partial charge on any atom is 0.297 e. The average Bonchev–Trinajstić information content (AvgIpc) is 3.30. The van der Waals surface area contributed by atoms with Crippen LogP contribution in [0.2, 0.25) is 0 Å². The van der Waals surface area contributed by atoms with Crippen molar-refractivity contribution in [3.05, 3.63) is 59.5 Å². The van der Waals surface area contributed by atoms with Crippen molar-refractivity contribution in [2.24, 2.45) is 0 Å². The summed E-state index contributed by atoms with van der Waals surface area (Å²) in [7, 11) is 0. The summed E-state index contributed by atoms with van der Waals surface area (Å²) in [5, 5.41) is 16.5. The van der Waals surface area contributed by atoms with Crippen molar-refractivity contribution in [1.82, 2.24) is 0 Å². The summed E-state index contributed by atoms with van der Waals surface area (Å²) in [6.45, 7) is 2.86. The average molecular weight is 553 g/mol. The highest BCUT2D eigenvalue weighted by Crippen LogP contribution is 2.41. The number of amides is 2. The molecule has 0 fully saturated rings. The molecule has 2 N–H and O–H groups in total. The highest BCUT2D eigenvalue weighted by Gasteiger charge is 2.28. The third-order valence-corrected chi connectivity index (χ3v) is 6.58. The topological polar surface area (TPSA) is 101 Å². The van der Waals surface area contributed by atoms with Gasteiger partial charge in [-0.2, -0.15) is 0 Å². The molecule has 0 saturated heterocycles. The van der Waals surface area contributed by atoms with Crippen molar-refractivity contribution in [2.75, 3.05) is 10.6 Å². The Bertz CT molecular complexity index is 1070. The first-order chi connectivity index (χ1) is 14.7. The number of rotatable bonds is 3. The van der Waals surface area contributed by atoms with Crippen LogP contribution in [-0.2, 0) is 35.3 Å². The SMILES string of the molecule is CC(=O)Nc1c(Br)cc2c(c1[N+](=O)[O-])CCC2.CC(=O)Nc1cc2c(cc1Br)CCC2. The van der Waals surface area contributed by atoms with E-state index in [2.05, 4.69) is 54.6 Å². The molecule has 0 bridgehead atoms. The van der Waals surface area contributed by atoms with Gasteiger partial charge in [0.2, 0.25) is 11.8 Å². The van der Waals surface area contributed by atoms with Crippen LogP contribution in [0.25, 0.3) is 0 Å². The summed E-state index contributed by atoms with van der Waals surface area (Å²) in [5.74, 6) is -0.338. The van der Waals surface area contributed by atoms with Gasteiger partial charge >= 0.3 is 0 Å². The van der Waals surface area contributed by atoms with Crippen LogP contribution in [0.5, 0.6) is 0 Å². The Balaban J connectivity index is 0.000000179. The summed E-state index contributed by atoms with van der Waals surface area (Å²) in [4.78, 5) is 32.8. The van der Waals surface area contributed by atoms with Crippen molar-refractivity contribution in [1.29, 1.82) is 0 Å². The normalized spacial score (nSPS) is 13.5. The molecule has 0 spiro atoms. The van der Waals surface area contributed by atoms with E-state index >= 15 is 0 Å². The molecule has 164 valence electrons. The molecule has 0 unspecified atom stereocenters. The fraction of sp³-hybridized carbons (Fsp3) is 0.364. The van der Waals surface area contributed by atoms with Crippen LogP contribution in [0.1, 0.15) is 48.9 Å². The predicted molar refractivity (Wildman–Crippen MR) is 128 cm³/mol. The van der Waals surface area contributed by atoms with Gasteiger partial charge in [0.1, 0.15) is 5.69 Å². The minimum atomic E-state index is -0.416. The first kappa shape index (κ1) is 23.4. The Labute approximate surface area is 197 Å². The van der Waals surface area contributed by atoms with Gasteiger partial charge in [-0.05, 0) is 105 Å². The molecule has 0 saturated carbocycles. The van der Waals surface area contributed by atoms with Crippen molar-refractivity contribution >= 4 is 60.7 Å². The number of anilines is 2. The van der Waals surface area contributed by atoms with Crippen molar-refractivity contribution in [2.45, 2.75) is 52.4 Å². The zero-order valence-corrected chi connectivity index (χ0v) is 20.5. The van der Waals surface area contributed by atoms with Gasteiger partial charge in [-0.3, -0.25) is 19.7 Å². The number of nitrogens with one attached hydrogen (secondary N) is 2. The molecular weight excluding hydrogens is 530 g/mol. The molecule has 2 amide bonds. The standard InChI is InChI=1S/C11H11BrN2O3.C11H12BrNO/c1-6(15)13-10-9(12)5-7-3-2-4-8(7)11(10)14(16)17;1-7(14)13-11-6-9-4-2-3-8(9)5-10(11)12/h5H,2-4H2,1H3,(H,13,15);5-6H,2-4H2,1H3,(H,13,14). The molecule has 4 rings (SSSR count). The maximum atomic E-state index is 11.1. The van der Waals surface area contributed by atoms with Crippen molar-refractivity contribution in [3.63, 3.8) is 0 Å². The molecule has 9 heteroatoms. The molecule has 0 heterocycles. The summed E-state index contributed by atoms with van der Waals surface area (Å²) in [5.41, 5.74) is 5.71. The summed E-state index contributed by atoms with van der Waals surface area (Å²) >= 11 is 6.74. The molecule has 2 aliphatic carbocycles. The van der Waals surface area contributed by atoms with Gasteiger partial charge in [0, 0.05) is 28.4 Å². The second-order valence-electron chi connectivity index (χ2n) is 7.65. The zero-order chi connectivity index (χ0) is 22.7. The monoisotopic (exact) mass is 551 g/mol. The van der Waals surface area contributed by atoms with Crippen molar-refractivity contribution < 1.29 is 14.5 Å². The van der Waals surface area contributed by atoms with E-state index in [1.165, 1.54) is 31.4 Å². The number of aryl methyl sites for hydroxylation is 3. The second kappa shape index (κ2) is 9.91. The number of hydrogen-bond donors (Lipinski definition) is 2. The van der Waals surface area contributed by atoms with E-state index in [9.17, 15) is 19.7 Å². The molecule has 7 nitrogen and oxygen atoms in total. The van der Waals surface area contributed by atoms with Gasteiger partial charge in [-0.25, -0.2) is 0 Å². The largest absolute Gasteiger partial charge is 0.325 e. The molecule has 2 aromatic carbocycles. The van der Waals surface area contributed by atoms with Crippen LogP contribution in [0.15, 0.2) is 27.1 Å². The lowest BCUT2D eigenvalue weighted by molar-refractivity contribution is -0.384. The van der Waals surface area contributed by atoms with E-state index in [1.54, 1.807) is 0 Å². The van der Waals surface area contributed by atoms with Crippen LogP contribution in [0, 0.1) is 10.1 Å². The Morgan fingerprint density at radius 3 is 2.03 bits per heavy atom. The molecule has 31 heavy (non-hydrogen) atoms. The van der Waals surface area contributed by atoms with Crippen LogP contribution < -0.4 is 10.6 Å². The number of nitro groups is 1. The van der Waals surface area contributed by atoms with Crippen LogP contribution in [0.4, 0.5) is 17.1 Å². The van der Waals surface area contributed by atoms with E-state index in [0.717, 1.165) is 47.0 Å². The number of fused-ring (bicyclic) bond motifs is 2. The summed E-state index contributed by atoms with van der Waals surface area (Å²) in [6.07, 6.45) is 6.00. The Hall–Kier alpha value is -2.26. The Morgan fingerprint density at radius 2 is 1.42 bits per heavy atom. The van der Waals surface area contributed by atoms with Crippen molar-refractivity contribution in [3.8, 4) is 0 Å². The number of nitrogens with zero attached hydrogens (tertiary/aromatic N) is 1. The quantitative estimate of drug-likeness (QED) is 0.376. The third-order valence-electron chi connectivity index (χ3n) is 5.30. The molecule has 0 aromatic heterocycles. The molecule has 2 aliphatic rings. The third kappa shape index (κ3) is 5.51. The summed E-state index contributed by atoms with van der Waals surface area (Å²) < 4.78 is 1.55. The fourth-order valence-electron chi connectivity index (χ4n) is 4.06. The molecule has 0 radical (unpaired) electrons. The number of hydrogen-bond acceptors (Lipinski definition) is 4. The number of carbonyl (C=O) groups is 2. The van der Waals surface area contributed by atoms with Crippen LogP contribution >= 0.6 is 31.9 Å². The van der Waals surface area contributed by atoms with E-state index in [4.69, 9.17) is 0 Å². The fourth-order valence-corrected chi connectivity index (χ4v) is 5.12. The van der Waals surface area contributed by atoms with Gasteiger partial charge < -0.3 is 10.6 Å². The van der Waals surface area contributed by atoms with Gasteiger partial charge in [-0.15, -0.1) is 0 Å². The first-order valence-corrected chi connectivity index (χ1v) is 11.6. The highest BCUT2D eigenvalue weighted by molar-refractivity contribution is 9.11. The summed E-state index contributed by atoms with van der Waals surface area (Å²) in [6, 6.07) is 6.06. The maximum absolute atomic E-state index is 11.1.